The van der Waals surface area contributed by atoms with Crippen LogP contribution in [0.4, 0.5) is 0 Å². The van der Waals surface area contributed by atoms with E-state index in [1.807, 2.05) is 43.3 Å². The fourth-order valence-corrected chi connectivity index (χ4v) is 1.49. The Morgan fingerprint density at radius 1 is 1.47 bits per heavy atom. The average Bonchev–Trinajstić information content (AvgIpc) is 2.27. The van der Waals surface area contributed by atoms with Crippen molar-refractivity contribution in [2.75, 3.05) is 0 Å². The summed E-state index contributed by atoms with van der Waals surface area (Å²) >= 11 is 3.22. The maximum Gasteiger partial charge on any atom is 0.323 e. The zero-order valence-electron chi connectivity index (χ0n) is 8.52. The molecular weight excluding hydrogens is 256 g/mol. The molecule has 0 saturated carbocycles. The summed E-state index contributed by atoms with van der Waals surface area (Å²) < 4.78 is 5.11. The molecule has 1 aromatic rings. The summed E-state index contributed by atoms with van der Waals surface area (Å²) in [6, 6.07) is 9.61. The number of hydrogen-bond acceptors (Lipinski definition) is 2. The molecule has 1 atom stereocenters. The molecule has 0 N–H and O–H groups in total. The lowest BCUT2D eigenvalue weighted by molar-refractivity contribution is -0.143. The normalized spacial score (nSPS) is 12.7. The Bertz CT molecular complexity index is 333. The Kier molecular flexibility index (Phi) is 5.12. The first kappa shape index (κ1) is 12.0. The predicted octanol–water partition coefficient (Wildman–Crippen LogP) is 3.07. The fraction of sp³-hybridized carbons (Fsp3) is 0.250. The first-order valence-electron chi connectivity index (χ1n) is 4.71. The van der Waals surface area contributed by atoms with Crippen LogP contribution in [0.25, 0.3) is 0 Å². The third-order valence-electron chi connectivity index (χ3n) is 1.81. The standard InChI is InChI=1S/C12H13BrO2/c1-2-6-11(13)12(14)15-9-10-7-4-3-5-8-10/h2-8,11H,9H2,1H3/b6-2+. The highest BCUT2D eigenvalue weighted by Crippen LogP contribution is 2.07. The highest BCUT2D eigenvalue weighted by atomic mass is 79.9. The van der Waals surface area contributed by atoms with Crippen molar-refractivity contribution in [2.45, 2.75) is 18.4 Å². The van der Waals surface area contributed by atoms with Crippen molar-refractivity contribution in [3.8, 4) is 0 Å². The first-order valence-corrected chi connectivity index (χ1v) is 5.63. The number of halogens is 1. The summed E-state index contributed by atoms with van der Waals surface area (Å²) in [5.41, 5.74) is 0.992. The second kappa shape index (κ2) is 6.40. The number of allylic oxidation sites excluding steroid dienone is 1. The molecule has 15 heavy (non-hydrogen) atoms. The van der Waals surface area contributed by atoms with Crippen LogP contribution in [-0.2, 0) is 16.1 Å². The Morgan fingerprint density at radius 2 is 2.13 bits per heavy atom. The molecule has 2 nitrogen and oxygen atoms in total. The van der Waals surface area contributed by atoms with Crippen LogP contribution in [-0.4, -0.2) is 10.8 Å². The minimum absolute atomic E-state index is 0.267. The molecule has 0 radical (unpaired) electrons. The van der Waals surface area contributed by atoms with Crippen LogP contribution in [0.5, 0.6) is 0 Å². The van der Waals surface area contributed by atoms with E-state index in [1.165, 1.54) is 0 Å². The van der Waals surface area contributed by atoms with Gasteiger partial charge >= 0.3 is 5.97 Å². The van der Waals surface area contributed by atoms with Crippen molar-refractivity contribution < 1.29 is 9.53 Å². The van der Waals surface area contributed by atoms with E-state index in [2.05, 4.69) is 15.9 Å². The van der Waals surface area contributed by atoms with Gasteiger partial charge in [0.05, 0.1) is 0 Å². The largest absolute Gasteiger partial charge is 0.460 e. The monoisotopic (exact) mass is 268 g/mol. The SMILES string of the molecule is C/C=C/C(Br)C(=O)OCc1ccccc1. The van der Waals surface area contributed by atoms with Gasteiger partial charge in [0.25, 0.3) is 0 Å². The lowest BCUT2D eigenvalue weighted by atomic mass is 10.2. The van der Waals surface area contributed by atoms with E-state index in [9.17, 15) is 4.79 Å². The molecule has 0 aliphatic carbocycles. The quantitative estimate of drug-likeness (QED) is 0.477. The van der Waals surface area contributed by atoms with Gasteiger partial charge in [0.15, 0.2) is 0 Å². The molecule has 3 heteroatoms. The molecule has 0 heterocycles. The smallest absolute Gasteiger partial charge is 0.323 e. The minimum Gasteiger partial charge on any atom is -0.460 e. The van der Waals surface area contributed by atoms with Gasteiger partial charge < -0.3 is 4.74 Å². The average molecular weight is 269 g/mol. The van der Waals surface area contributed by atoms with Gasteiger partial charge in [0.2, 0.25) is 0 Å². The van der Waals surface area contributed by atoms with Gasteiger partial charge in [-0.3, -0.25) is 4.79 Å². The Morgan fingerprint density at radius 3 is 2.73 bits per heavy atom. The summed E-state index contributed by atoms with van der Waals surface area (Å²) in [5.74, 6) is -0.267. The van der Waals surface area contributed by atoms with Gasteiger partial charge in [-0.25, -0.2) is 0 Å². The van der Waals surface area contributed by atoms with E-state index < -0.39 is 0 Å². The molecular formula is C12H13BrO2. The topological polar surface area (TPSA) is 26.3 Å². The molecule has 1 aromatic carbocycles. The second-order valence-electron chi connectivity index (χ2n) is 3.02. The minimum atomic E-state index is -0.355. The Balaban J connectivity index is 2.41. The Labute approximate surface area is 98.1 Å². The number of benzene rings is 1. The van der Waals surface area contributed by atoms with Crippen molar-refractivity contribution >= 4 is 21.9 Å². The third-order valence-corrected chi connectivity index (χ3v) is 2.49. The van der Waals surface area contributed by atoms with Gasteiger partial charge in [-0.1, -0.05) is 58.4 Å². The Hall–Kier alpha value is -1.09. The molecule has 0 aliphatic heterocycles. The van der Waals surface area contributed by atoms with Gasteiger partial charge in [-0.15, -0.1) is 0 Å². The molecule has 0 aromatic heterocycles. The van der Waals surface area contributed by atoms with E-state index in [1.54, 1.807) is 6.08 Å². The highest BCUT2D eigenvalue weighted by Gasteiger charge is 2.12. The number of rotatable bonds is 4. The van der Waals surface area contributed by atoms with Crippen LogP contribution in [0.3, 0.4) is 0 Å². The molecule has 0 bridgehead atoms. The molecule has 0 amide bonds. The zero-order valence-corrected chi connectivity index (χ0v) is 10.1. The predicted molar refractivity (Wildman–Crippen MR) is 63.8 cm³/mol. The van der Waals surface area contributed by atoms with Crippen LogP contribution < -0.4 is 0 Å². The second-order valence-corrected chi connectivity index (χ2v) is 4.01. The molecule has 0 fully saturated rings. The van der Waals surface area contributed by atoms with Crippen molar-refractivity contribution in [3.63, 3.8) is 0 Å². The van der Waals surface area contributed by atoms with Gasteiger partial charge in [-0.05, 0) is 12.5 Å². The number of carbonyl (C=O) groups is 1. The lowest BCUT2D eigenvalue weighted by Crippen LogP contribution is -2.14. The van der Waals surface area contributed by atoms with E-state index in [0.717, 1.165) is 5.56 Å². The maximum absolute atomic E-state index is 11.4. The molecule has 0 spiro atoms. The molecule has 1 rings (SSSR count). The highest BCUT2D eigenvalue weighted by molar-refractivity contribution is 9.10. The summed E-state index contributed by atoms with van der Waals surface area (Å²) in [6.45, 7) is 2.18. The van der Waals surface area contributed by atoms with Gasteiger partial charge in [0.1, 0.15) is 11.4 Å². The zero-order chi connectivity index (χ0) is 11.1. The summed E-state index contributed by atoms with van der Waals surface area (Å²) in [4.78, 5) is 11.0. The van der Waals surface area contributed by atoms with Crippen LogP contribution in [0, 0.1) is 0 Å². The number of ether oxygens (including phenoxy) is 1. The summed E-state index contributed by atoms with van der Waals surface area (Å²) in [5, 5.41) is 0. The molecule has 0 saturated heterocycles. The lowest BCUT2D eigenvalue weighted by Gasteiger charge is -2.06. The molecule has 80 valence electrons. The van der Waals surface area contributed by atoms with E-state index >= 15 is 0 Å². The fourth-order valence-electron chi connectivity index (χ4n) is 1.06. The van der Waals surface area contributed by atoms with Crippen molar-refractivity contribution in [1.29, 1.82) is 0 Å². The van der Waals surface area contributed by atoms with Crippen LogP contribution in [0.2, 0.25) is 0 Å². The first-order chi connectivity index (χ1) is 7.24. The molecule has 1 unspecified atom stereocenters. The van der Waals surface area contributed by atoms with Crippen LogP contribution in [0.1, 0.15) is 12.5 Å². The van der Waals surface area contributed by atoms with E-state index in [4.69, 9.17) is 4.74 Å². The van der Waals surface area contributed by atoms with Crippen molar-refractivity contribution in [1.82, 2.24) is 0 Å². The molecule has 0 aliphatic rings. The van der Waals surface area contributed by atoms with Crippen molar-refractivity contribution in [2.24, 2.45) is 0 Å². The van der Waals surface area contributed by atoms with E-state index in [0.29, 0.717) is 6.61 Å². The maximum atomic E-state index is 11.4. The van der Waals surface area contributed by atoms with Crippen LogP contribution >= 0.6 is 15.9 Å². The number of esters is 1. The third kappa shape index (κ3) is 4.30. The van der Waals surface area contributed by atoms with E-state index in [-0.39, 0.29) is 10.8 Å². The summed E-state index contributed by atoms with van der Waals surface area (Å²) in [7, 11) is 0. The number of hydrogen-bond donors (Lipinski definition) is 0. The van der Waals surface area contributed by atoms with Crippen LogP contribution in [0.15, 0.2) is 42.5 Å². The summed E-state index contributed by atoms with van der Waals surface area (Å²) in [6.07, 6.45) is 3.55. The van der Waals surface area contributed by atoms with Gasteiger partial charge in [0, 0.05) is 0 Å². The number of carbonyl (C=O) groups excluding carboxylic acids is 1. The van der Waals surface area contributed by atoms with Crippen molar-refractivity contribution in [3.05, 3.63) is 48.0 Å². The number of alkyl halides is 1. The van der Waals surface area contributed by atoms with Gasteiger partial charge in [-0.2, -0.15) is 0 Å².